The lowest BCUT2D eigenvalue weighted by molar-refractivity contribution is -0.131. The zero-order chi connectivity index (χ0) is 19.8. The lowest BCUT2D eigenvalue weighted by atomic mass is 10.1. The molecule has 144 valence electrons. The maximum Gasteiger partial charge on any atom is 0.293 e. The molecule has 3 rings (SSSR count). The summed E-state index contributed by atoms with van der Waals surface area (Å²) in [4.78, 5) is 28.4. The van der Waals surface area contributed by atoms with E-state index in [-0.39, 0.29) is 23.6 Å². The zero-order valence-corrected chi connectivity index (χ0v) is 17.2. The predicted octanol–water partition coefficient (Wildman–Crippen LogP) is 2.94. The van der Waals surface area contributed by atoms with Gasteiger partial charge in [-0.2, -0.15) is 10.2 Å². The highest BCUT2D eigenvalue weighted by Gasteiger charge is 2.24. The first-order chi connectivity index (χ1) is 12.8. The minimum Gasteiger partial charge on any atom is -0.342 e. The highest BCUT2D eigenvalue weighted by molar-refractivity contribution is 7.13. The molecule has 0 unspecified atom stereocenters. The van der Waals surface area contributed by atoms with E-state index in [1.54, 1.807) is 27.1 Å². The number of fused-ring (bicyclic) bond motifs is 1. The van der Waals surface area contributed by atoms with Crippen LogP contribution in [-0.4, -0.2) is 43.5 Å². The molecule has 0 spiro atoms. The maximum absolute atomic E-state index is 13.2. The van der Waals surface area contributed by atoms with Crippen LogP contribution in [0.1, 0.15) is 34.6 Å². The summed E-state index contributed by atoms with van der Waals surface area (Å²) in [6, 6.07) is 3.90. The van der Waals surface area contributed by atoms with Crippen molar-refractivity contribution in [3.8, 4) is 10.6 Å². The maximum atomic E-state index is 13.2. The number of aromatic nitrogens is 4. The van der Waals surface area contributed by atoms with Crippen molar-refractivity contribution < 1.29 is 4.79 Å². The first-order valence-electron chi connectivity index (χ1n) is 9.08. The SMILES string of the molecule is CCN(CC)C(=O)Cn1nc(-c2cccs2)c2cnn(C(C)(C)C)c2c1=O. The third kappa shape index (κ3) is 3.53. The number of thiophene rings is 1. The van der Waals surface area contributed by atoms with Crippen LogP contribution >= 0.6 is 11.3 Å². The minimum atomic E-state index is -0.365. The van der Waals surface area contributed by atoms with E-state index in [0.29, 0.717) is 29.7 Å². The lowest BCUT2D eigenvalue weighted by Crippen LogP contribution is -2.38. The van der Waals surface area contributed by atoms with Gasteiger partial charge in [0.05, 0.1) is 22.0 Å². The van der Waals surface area contributed by atoms with Gasteiger partial charge in [0, 0.05) is 13.1 Å². The topological polar surface area (TPSA) is 73.0 Å². The molecule has 0 aromatic carbocycles. The van der Waals surface area contributed by atoms with Gasteiger partial charge in [0.25, 0.3) is 5.56 Å². The quantitative estimate of drug-likeness (QED) is 0.675. The molecule has 1 amide bonds. The molecule has 0 aliphatic carbocycles. The fourth-order valence-corrected chi connectivity index (χ4v) is 3.81. The van der Waals surface area contributed by atoms with E-state index in [2.05, 4.69) is 10.2 Å². The van der Waals surface area contributed by atoms with Crippen LogP contribution in [0.15, 0.2) is 28.5 Å². The lowest BCUT2D eigenvalue weighted by Gasteiger charge is -2.21. The van der Waals surface area contributed by atoms with Gasteiger partial charge in [0.2, 0.25) is 5.91 Å². The molecule has 27 heavy (non-hydrogen) atoms. The Hall–Kier alpha value is -2.48. The van der Waals surface area contributed by atoms with Crippen LogP contribution in [0.25, 0.3) is 21.5 Å². The zero-order valence-electron chi connectivity index (χ0n) is 16.4. The Balaban J connectivity index is 2.24. The summed E-state index contributed by atoms with van der Waals surface area (Å²) in [5, 5.41) is 11.7. The molecular weight excluding hydrogens is 362 g/mol. The Morgan fingerprint density at radius 2 is 1.96 bits per heavy atom. The third-order valence-corrected chi connectivity index (χ3v) is 5.35. The Morgan fingerprint density at radius 3 is 2.52 bits per heavy atom. The average molecular weight is 388 g/mol. The van der Waals surface area contributed by atoms with Crippen molar-refractivity contribution >= 4 is 28.1 Å². The van der Waals surface area contributed by atoms with Crippen LogP contribution < -0.4 is 5.56 Å². The number of hydrogen-bond donors (Lipinski definition) is 0. The van der Waals surface area contributed by atoms with Crippen LogP contribution in [0.5, 0.6) is 0 Å². The molecule has 0 radical (unpaired) electrons. The Labute approximate surface area is 162 Å². The molecule has 3 heterocycles. The van der Waals surface area contributed by atoms with Crippen molar-refractivity contribution in [2.75, 3.05) is 13.1 Å². The van der Waals surface area contributed by atoms with Gasteiger partial charge in [-0.3, -0.25) is 14.3 Å². The number of amides is 1. The van der Waals surface area contributed by atoms with Crippen molar-refractivity contribution in [1.82, 2.24) is 24.5 Å². The third-order valence-electron chi connectivity index (χ3n) is 4.47. The van der Waals surface area contributed by atoms with Crippen molar-refractivity contribution in [1.29, 1.82) is 0 Å². The molecule has 8 heteroatoms. The van der Waals surface area contributed by atoms with E-state index in [4.69, 9.17) is 0 Å². The fourth-order valence-electron chi connectivity index (χ4n) is 3.09. The first-order valence-corrected chi connectivity index (χ1v) is 9.96. The van der Waals surface area contributed by atoms with Crippen LogP contribution in [0.2, 0.25) is 0 Å². The first kappa shape index (κ1) is 19.3. The van der Waals surface area contributed by atoms with Crippen molar-refractivity contribution in [2.24, 2.45) is 0 Å². The largest absolute Gasteiger partial charge is 0.342 e. The molecule has 3 aromatic heterocycles. The van der Waals surface area contributed by atoms with Crippen LogP contribution in [-0.2, 0) is 16.9 Å². The molecule has 0 saturated carbocycles. The molecule has 7 nitrogen and oxygen atoms in total. The second-order valence-corrected chi connectivity index (χ2v) is 8.29. The van der Waals surface area contributed by atoms with Gasteiger partial charge in [-0.15, -0.1) is 11.3 Å². The summed E-state index contributed by atoms with van der Waals surface area (Å²) < 4.78 is 3.00. The minimum absolute atomic E-state index is 0.0792. The fraction of sp³-hybridized carbons (Fsp3) is 0.474. The van der Waals surface area contributed by atoms with Crippen LogP contribution in [0.3, 0.4) is 0 Å². The van der Waals surface area contributed by atoms with Gasteiger partial charge in [-0.25, -0.2) is 4.68 Å². The van der Waals surface area contributed by atoms with Crippen molar-refractivity contribution in [3.05, 3.63) is 34.1 Å². The summed E-state index contributed by atoms with van der Waals surface area (Å²) in [5.41, 5.74) is 0.504. The Morgan fingerprint density at radius 1 is 1.26 bits per heavy atom. The molecular formula is C19H25N5O2S. The van der Waals surface area contributed by atoms with Crippen molar-refractivity contribution in [3.63, 3.8) is 0 Å². The Bertz CT molecular complexity index is 1010. The molecule has 3 aromatic rings. The Kier molecular flexibility index (Phi) is 5.19. The standard InChI is InChI=1S/C19H25N5O2S/c1-6-22(7-2)15(25)12-23-18(26)17-13(11-20-24(17)19(3,4)5)16(21-23)14-9-8-10-27-14/h8-11H,6-7,12H2,1-5H3. The number of rotatable bonds is 5. The van der Waals surface area contributed by atoms with E-state index < -0.39 is 0 Å². The molecule has 0 saturated heterocycles. The highest BCUT2D eigenvalue weighted by Crippen LogP contribution is 2.30. The monoisotopic (exact) mass is 387 g/mol. The predicted molar refractivity (Wildman–Crippen MR) is 108 cm³/mol. The number of likely N-dealkylation sites (N-methyl/N-ethyl adjacent to an activating group) is 1. The molecule has 0 N–H and O–H groups in total. The summed E-state index contributed by atoms with van der Waals surface area (Å²) >= 11 is 1.55. The number of carbonyl (C=O) groups excluding carboxylic acids is 1. The van der Waals surface area contributed by atoms with Gasteiger partial charge in [-0.05, 0) is 46.1 Å². The molecule has 0 atom stereocenters. The summed E-state index contributed by atoms with van der Waals surface area (Å²) in [6.45, 7) is 11.0. The average Bonchev–Trinajstić information content (AvgIpc) is 3.27. The highest BCUT2D eigenvalue weighted by atomic mass is 32.1. The molecule has 0 aliphatic rings. The van der Waals surface area contributed by atoms with Gasteiger partial charge in [0.1, 0.15) is 17.8 Å². The van der Waals surface area contributed by atoms with E-state index >= 15 is 0 Å². The van der Waals surface area contributed by atoms with Gasteiger partial charge >= 0.3 is 0 Å². The van der Waals surface area contributed by atoms with E-state index in [1.165, 1.54) is 4.68 Å². The molecule has 0 bridgehead atoms. The molecule has 0 fully saturated rings. The summed E-state index contributed by atoms with van der Waals surface area (Å²) in [5.74, 6) is -0.118. The second-order valence-electron chi connectivity index (χ2n) is 7.34. The van der Waals surface area contributed by atoms with E-state index in [9.17, 15) is 9.59 Å². The number of hydrogen-bond acceptors (Lipinski definition) is 5. The van der Waals surface area contributed by atoms with Gasteiger partial charge < -0.3 is 4.90 Å². The number of nitrogens with zero attached hydrogens (tertiary/aromatic N) is 5. The molecule has 0 aliphatic heterocycles. The number of carbonyl (C=O) groups is 1. The van der Waals surface area contributed by atoms with Crippen molar-refractivity contribution in [2.45, 2.75) is 46.7 Å². The summed E-state index contributed by atoms with van der Waals surface area (Å²) in [7, 11) is 0. The second kappa shape index (κ2) is 7.26. The van der Waals surface area contributed by atoms with E-state index in [0.717, 1.165) is 4.88 Å². The summed E-state index contributed by atoms with van der Waals surface area (Å²) in [6.07, 6.45) is 1.70. The smallest absolute Gasteiger partial charge is 0.293 e. The van der Waals surface area contributed by atoms with Gasteiger partial charge in [0.15, 0.2) is 0 Å². The van der Waals surface area contributed by atoms with Gasteiger partial charge in [-0.1, -0.05) is 6.07 Å². The van der Waals surface area contributed by atoms with E-state index in [1.807, 2.05) is 52.1 Å². The normalized spacial score (nSPS) is 11.9. The van der Waals surface area contributed by atoms with Crippen LogP contribution in [0, 0.1) is 0 Å². The van der Waals surface area contributed by atoms with Crippen LogP contribution in [0.4, 0.5) is 0 Å².